The molecule has 3 rings (SSSR count). The largest absolute Gasteiger partial charge is 0.481 e. The van der Waals surface area contributed by atoms with Crippen LogP contribution in [0.25, 0.3) is 10.9 Å². The lowest BCUT2D eigenvalue weighted by molar-refractivity contribution is -0.137. The molecular weight excluding hydrogens is 288 g/mol. The third-order valence-electron chi connectivity index (χ3n) is 3.71. The normalized spacial score (nSPS) is 12.5. The Morgan fingerprint density at radius 2 is 1.91 bits per heavy atom. The van der Waals surface area contributed by atoms with E-state index in [9.17, 15) is 13.6 Å². The fourth-order valence-electron chi connectivity index (χ4n) is 2.73. The van der Waals surface area contributed by atoms with Gasteiger partial charge >= 0.3 is 5.97 Å². The molecular formula is C17H13F2NO2. The molecule has 0 saturated heterocycles. The molecule has 0 fully saturated rings. The van der Waals surface area contributed by atoms with Crippen LogP contribution in [0.1, 0.15) is 23.5 Å². The lowest BCUT2D eigenvalue weighted by atomic mass is 9.88. The van der Waals surface area contributed by atoms with Crippen LogP contribution in [0.3, 0.4) is 0 Å². The molecule has 0 radical (unpaired) electrons. The van der Waals surface area contributed by atoms with Gasteiger partial charge in [0.1, 0.15) is 11.6 Å². The van der Waals surface area contributed by atoms with E-state index in [4.69, 9.17) is 5.11 Å². The van der Waals surface area contributed by atoms with Crippen molar-refractivity contribution in [1.82, 2.24) is 4.98 Å². The number of carbonyl (C=O) groups is 1. The molecule has 3 aromatic rings. The predicted molar refractivity (Wildman–Crippen MR) is 78.8 cm³/mol. The molecule has 3 nitrogen and oxygen atoms in total. The van der Waals surface area contributed by atoms with Crippen LogP contribution in [0.2, 0.25) is 0 Å². The van der Waals surface area contributed by atoms with Gasteiger partial charge < -0.3 is 10.1 Å². The Morgan fingerprint density at radius 3 is 2.64 bits per heavy atom. The minimum absolute atomic E-state index is 0.175. The second kappa shape index (κ2) is 5.60. The molecule has 1 aromatic heterocycles. The van der Waals surface area contributed by atoms with E-state index >= 15 is 0 Å². The SMILES string of the molecule is O=C(O)CC(c1ccc(F)cc1F)c1c[nH]c2ccccc12. The summed E-state index contributed by atoms with van der Waals surface area (Å²) >= 11 is 0. The predicted octanol–water partition coefficient (Wildman–Crippen LogP) is 4.05. The van der Waals surface area contributed by atoms with Crippen molar-refractivity contribution in [1.29, 1.82) is 0 Å². The van der Waals surface area contributed by atoms with E-state index in [1.165, 1.54) is 6.07 Å². The van der Waals surface area contributed by atoms with E-state index in [0.29, 0.717) is 5.56 Å². The van der Waals surface area contributed by atoms with Crippen LogP contribution in [-0.2, 0) is 4.79 Å². The number of nitrogens with one attached hydrogen (secondary N) is 1. The quantitative estimate of drug-likeness (QED) is 0.763. The molecule has 2 N–H and O–H groups in total. The first-order valence-electron chi connectivity index (χ1n) is 6.79. The molecule has 22 heavy (non-hydrogen) atoms. The number of rotatable bonds is 4. The molecule has 5 heteroatoms. The summed E-state index contributed by atoms with van der Waals surface area (Å²) in [6, 6.07) is 10.6. The van der Waals surface area contributed by atoms with E-state index in [-0.39, 0.29) is 12.0 Å². The first-order valence-corrected chi connectivity index (χ1v) is 6.79. The number of carboxylic acid groups (broad SMARTS) is 1. The number of para-hydroxylation sites is 1. The molecule has 112 valence electrons. The molecule has 0 aliphatic rings. The Kier molecular flexibility index (Phi) is 3.63. The number of benzene rings is 2. The zero-order chi connectivity index (χ0) is 15.7. The van der Waals surface area contributed by atoms with Gasteiger partial charge in [-0.25, -0.2) is 8.78 Å². The minimum atomic E-state index is -1.04. The number of H-pyrrole nitrogens is 1. The van der Waals surface area contributed by atoms with Gasteiger partial charge in [-0.1, -0.05) is 24.3 Å². The maximum atomic E-state index is 14.1. The zero-order valence-corrected chi connectivity index (χ0v) is 11.5. The molecule has 1 atom stereocenters. The van der Waals surface area contributed by atoms with Crippen LogP contribution in [0.5, 0.6) is 0 Å². The van der Waals surface area contributed by atoms with Crippen molar-refractivity contribution in [3.63, 3.8) is 0 Å². The van der Waals surface area contributed by atoms with E-state index in [1.807, 2.05) is 24.3 Å². The van der Waals surface area contributed by atoms with Crippen LogP contribution in [0, 0.1) is 11.6 Å². The number of hydrogen-bond acceptors (Lipinski definition) is 1. The number of hydrogen-bond donors (Lipinski definition) is 2. The topological polar surface area (TPSA) is 53.1 Å². The second-order valence-electron chi connectivity index (χ2n) is 5.11. The fraction of sp³-hybridized carbons (Fsp3) is 0.118. The van der Waals surface area contributed by atoms with Crippen molar-refractivity contribution in [2.24, 2.45) is 0 Å². The molecule has 0 spiro atoms. The van der Waals surface area contributed by atoms with Crippen LogP contribution in [-0.4, -0.2) is 16.1 Å². The summed E-state index contributed by atoms with van der Waals surface area (Å²) in [5, 5.41) is 9.99. The van der Waals surface area contributed by atoms with Gasteiger partial charge in [0.05, 0.1) is 6.42 Å². The van der Waals surface area contributed by atoms with Crippen molar-refractivity contribution in [2.75, 3.05) is 0 Å². The lowest BCUT2D eigenvalue weighted by Crippen LogP contribution is -2.09. The van der Waals surface area contributed by atoms with Crippen molar-refractivity contribution < 1.29 is 18.7 Å². The van der Waals surface area contributed by atoms with Gasteiger partial charge in [-0.2, -0.15) is 0 Å². The average molecular weight is 301 g/mol. The highest BCUT2D eigenvalue weighted by Gasteiger charge is 2.24. The highest BCUT2D eigenvalue weighted by Crippen LogP contribution is 2.34. The van der Waals surface area contributed by atoms with E-state index in [2.05, 4.69) is 4.98 Å². The summed E-state index contributed by atoms with van der Waals surface area (Å²) in [4.78, 5) is 14.2. The third kappa shape index (κ3) is 2.57. The first-order chi connectivity index (χ1) is 10.6. The van der Waals surface area contributed by atoms with Crippen LogP contribution >= 0.6 is 0 Å². The number of fused-ring (bicyclic) bond motifs is 1. The average Bonchev–Trinajstić information content (AvgIpc) is 2.89. The van der Waals surface area contributed by atoms with Crippen molar-refractivity contribution in [3.05, 3.63) is 71.4 Å². The van der Waals surface area contributed by atoms with Gasteiger partial charge in [-0.05, 0) is 23.3 Å². The maximum absolute atomic E-state index is 14.1. The minimum Gasteiger partial charge on any atom is -0.481 e. The van der Waals surface area contributed by atoms with E-state index in [1.54, 1.807) is 6.20 Å². The molecule has 0 aliphatic heterocycles. The number of aliphatic carboxylic acids is 1. The number of aromatic nitrogens is 1. The van der Waals surface area contributed by atoms with Gasteiger partial charge in [-0.15, -0.1) is 0 Å². The smallest absolute Gasteiger partial charge is 0.304 e. The maximum Gasteiger partial charge on any atom is 0.304 e. The van der Waals surface area contributed by atoms with Crippen LogP contribution < -0.4 is 0 Å². The first kappa shape index (κ1) is 14.3. The van der Waals surface area contributed by atoms with Crippen LogP contribution in [0.15, 0.2) is 48.7 Å². The lowest BCUT2D eigenvalue weighted by Gasteiger charge is -2.16. The van der Waals surface area contributed by atoms with E-state index in [0.717, 1.165) is 23.0 Å². The summed E-state index contributed by atoms with van der Waals surface area (Å²) in [5.41, 5.74) is 1.70. The van der Waals surface area contributed by atoms with Gasteiger partial charge in [0, 0.05) is 29.1 Å². The summed E-state index contributed by atoms with van der Waals surface area (Å²) in [5.74, 6) is -3.15. The Bertz CT molecular complexity index is 842. The van der Waals surface area contributed by atoms with Gasteiger partial charge in [-0.3, -0.25) is 4.79 Å². The highest BCUT2D eigenvalue weighted by atomic mass is 19.1. The summed E-state index contributed by atoms with van der Waals surface area (Å²) in [6.07, 6.45) is 1.41. The molecule has 0 bridgehead atoms. The van der Waals surface area contributed by atoms with Crippen LogP contribution in [0.4, 0.5) is 8.78 Å². The van der Waals surface area contributed by atoms with Crippen molar-refractivity contribution in [3.8, 4) is 0 Å². The molecule has 0 aliphatic carbocycles. The Balaban J connectivity index is 2.16. The molecule has 1 unspecified atom stereocenters. The zero-order valence-electron chi connectivity index (χ0n) is 11.5. The molecule has 1 heterocycles. The van der Waals surface area contributed by atoms with Crippen molar-refractivity contribution in [2.45, 2.75) is 12.3 Å². The fourth-order valence-corrected chi connectivity index (χ4v) is 2.73. The third-order valence-corrected chi connectivity index (χ3v) is 3.71. The molecule has 0 amide bonds. The standard InChI is InChI=1S/C17H13F2NO2/c18-10-5-6-11(15(19)7-10)13(8-17(21)22)14-9-20-16-4-2-1-3-12(14)16/h1-7,9,13,20H,8H2,(H,21,22). The van der Waals surface area contributed by atoms with Gasteiger partial charge in [0.25, 0.3) is 0 Å². The van der Waals surface area contributed by atoms with Crippen molar-refractivity contribution >= 4 is 16.9 Å². The van der Waals surface area contributed by atoms with E-state index < -0.39 is 23.5 Å². The summed E-state index contributed by atoms with van der Waals surface area (Å²) in [7, 11) is 0. The van der Waals surface area contributed by atoms with Gasteiger partial charge in [0.2, 0.25) is 0 Å². The highest BCUT2D eigenvalue weighted by molar-refractivity contribution is 5.85. The molecule has 2 aromatic carbocycles. The van der Waals surface area contributed by atoms with Gasteiger partial charge in [0.15, 0.2) is 0 Å². The summed E-state index contributed by atoms with van der Waals surface area (Å²) in [6.45, 7) is 0. The summed E-state index contributed by atoms with van der Waals surface area (Å²) < 4.78 is 27.2. The second-order valence-corrected chi connectivity index (χ2v) is 5.11. The molecule has 0 saturated carbocycles. The Labute approximate surface area is 125 Å². The number of aromatic amines is 1. The monoisotopic (exact) mass is 301 g/mol. The number of carboxylic acids is 1. The number of halogens is 2. The Hall–Kier alpha value is -2.69. The Morgan fingerprint density at radius 1 is 1.14 bits per heavy atom.